The van der Waals surface area contributed by atoms with Crippen molar-refractivity contribution in [2.45, 2.75) is 33.4 Å². The summed E-state index contributed by atoms with van der Waals surface area (Å²) in [4.78, 5) is 0. The molecule has 0 N–H and O–H groups in total. The average Bonchev–Trinajstić information content (AvgIpc) is 2.49. The van der Waals surface area contributed by atoms with Gasteiger partial charge in [-0.3, -0.25) is 0 Å². The minimum Gasteiger partial charge on any atom is -0.488 e. The van der Waals surface area contributed by atoms with Crippen molar-refractivity contribution < 1.29 is 18.6 Å². The number of aryl methyl sites for hydroxylation is 2. The molecule has 112 valence electrons. The first-order valence-electron chi connectivity index (χ1n) is 7.55. The lowest BCUT2D eigenvalue weighted by Gasteiger charge is -2.02. The topological polar surface area (TPSA) is 26.2 Å². The van der Waals surface area contributed by atoms with E-state index in [1.54, 1.807) is 0 Å². The Kier molecular flexibility index (Phi) is 6.00. The number of ether oxygens (including phenoxy) is 2. The molecule has 0 atom stereocenters. The lowest BCUT2D eigenvalue weighted by atomic mass is 10.3. The predicted octanol–water partition coefficient (Wildman–Crippen LogP) is 2.15. The summed E-state index contributed by atoms with van der Waals surface area (Å²) in [5, 5.41) is 0. The first-order chi connectivity index (χ1) is 10.3. The minimum absolute atomic E-state index is 0.698. The zero-order chi connectivity index (χ0) is 14.9. The van der Waals surface area contributed by atoms with Crippen LogP contribution in [0.5, 0.6) is 11.5 Å². The molecular formula is C17H24N2O2+2. The summed E-state index contributed by atoms with van der Waals surface area (Å²) in [6, 6.07) is 8.02. The van der Waals surface area contributed by atoms with Gasteiger partial charge in [0.2, 0.25) is 12.4 Å². The van der Waals surface area contributed by atoms with Crippen LogP contribution in [0.4, 0.5) is 0 Å². The van der Waals surface area contributed by atoms with Crippen LogP contribution < -0.4 is 18.6 Å². The molecule has 21 heavy (non-hydrogen) atoms. The largest absolute Gasteiger partial charge is 0.488 e. The average molecular weight is 288 g/mol. The second kappa shape index (κ2) is 8.25. The van der Waals surface area contributed by atoms with Crippen molar-refractivity contribution in [3.8, 4) is 11.5 Å². The molecule has 0 saturated carbocycles. The maximum Gasteiger partial charge on any atom is 0.211 e. The molecule has 2 heterocycles. The third-order valence-electron chi connectivity index (χ3n) is 3.12. The molecule has 0 aliphatic heterocycles. The van der Waals surface area contributed by atoms with Crippen molar-refractivity contribution in [2.75, 3.05) is 13.2 Å². The lowest BCUT2D eigenvalue weighted by Crippen LogP contribution is -2.38. The van der Waals surface area contributed by atoms with Gasteiger partial charge in [0.15, 0.2) is 37.0 Å². The fraction of sp³-hybridized carbons (Fsp3) is 0.412. The van der Waals surface area contributed by atoms with Crippen LogP contribution in [-0.2, 0) is 13.1 Å². The molecule has 2 aromatic heterocycles. The van der Waals surface area contributed by atoms with Gasteiger partial charge in [0, 0.05) is 12.1 Å². The van der Waals surface area contributed by atoms with Gasteiger partial charge in [0.25, 0.3) is 0 Å². The third-order valence-corrected chi connectivity index (χ3v) is 3.12. The molecule has 0 spiro atoms. The van der Waals surface area contributed by atoms with Crippen molar-refractivity contribution in [2.24, 2.45) is 0 Å². The number of nitrogens with zero attached hydrogens (tertiary/aromatic N) is 2. The molecule has 2 rings (SSSR count). The molecule has 0 fully saturated rings. The maximum atomic E-state index is 5.51. The van der Waals surface area contributed by atoms with Crippen molar-refractivity contribution in [1.82, 2.24) is 0 Å². The second-order valence-electron chi connectivity index (χ2n) is 4.77. The van der Waals surface area contributed by atoms with Gasteiger partial charge in [0.05, 0.1) is 19.6 Å². The van der Waals surface area contributed by atoms with Gasteiger partial charge in [-0.25, -0.2) is 9.13 Å². The molecule has 0 aliphatic carbocycles. The SMILES string of the molecule is CCOc1ccc[n+](CCC[n+]2cccc(OCC)c2)c1. The van der Waals surface area contributed by atoms with Crippen LogP contribution in [0.25, 0.3) is 0 Å². The summed E-state index contributed by atoms with van der Waals surface area (Å²) in [6.07, 6.45) is 9.30. The Balaban J connectivity index is 1.86. The van der Waals surface area contributed by atoms with E-state index in [1.165, 1.54) is 0 Å². The molecule has 4 heteroatoms. The van der Waals surface area contributed by atoms with Gasteiger partial charge < -0.3 is 9.47 Å². The van der Waals surface area contributed by atoms with Gasteiger partial charge in [-0.2, -0.15) is 0 Å². The van der Waals surface area contributed by atoms with E-state index in [2.05, 4.69) is 21.5 Å². The normalized spacial score (nSPS) is 10.4. The number of rotatable bonds is 8. The van der Waals surface area contributed by atoms with Gasteiger partial charge in [-0.05, 0) is 26.0 Å². The Bertz CT molecular complexity index is 508. The summed E-state index contributed by atoms with van der Waals surface area (Å²) >= 11 is 0. The molecule has 0 unspecified atom stereocenters. The fourth-order valence-electron chi connectivity index (χ4n) is 2.21. The number of hydrogen-bond acceptors (Lipinski definition) is 2. The first kappa shape index (κ1) is 15.3. The summed E-state index contributed by atoms with van der Waals surface area (Å²) < 4.78 is 15.4. The van der Waals surface area contributed by atoms with Crippen LogP contribution in [0, 0.1) is 0 Å². The molecule has 0 aliphatic rings. The van der Waals surface area contributed by atoms with Crippen LogP contribution in [0.15, 0.2) is 49.1 Å². The zero-order valence-electron chi connectivity index (χ0n) is 12.9. The number of pyridine rings is 2. The highest BCUT2D eigenvalue weighted by atomic mass is 16.5. The minimum atomic E-state index is 0.698. The highest BCUT2D eigenvalue weighted by Gasteiger charge is 2.07. The Morgan fingerprint density at radius 1 is 0.810 bits per heavy atom. The van der Waals surface area contributed by atoms with Gasteiger partial charge in [0.1, 0.15) is 0 Å². The van der Waals surface area contributed by atoms with E-state index in [9.17, 15) is 0 Å². The molecule has 0 radical (unpaired) electrons. The zero-order valence-corrected chi connectivity index (χ0v) is 12.9. The van der Waals surface area contributed by atoms with E-state index in [0.717, 1.165) is 31.0 Å². The van der Waals surface area contributed by atoms with Crippen LogP contribution in [0.1, 0.15) is 20.3 Å². The third kappa shape index (κ3) is 5.06. The molecule has 2 aromatic rings. The van der Waals surface area contributed by atoms with Crippen molar-refractivity contribution >= 4 is 0 Å². The monoisotopic (exact) mass is 288 g/mol. The Labute approximate surface area is 126 Å². The summed E-state index contributed by atoms with van der Waals surface area (Å²) in [5.41, 5.74) is 0. The Morgan fingerprint density at radius 2 is 1.29 bits per heavy atom. The van der Waals surface area contributed by atoms with Gasteiger partial charge in [-0.1, -0.05) is 0 Å². The van der Waals surface area contributed by atoms with Crippen LogP contribution in [0.3, 0.4) is 0 Å². The van der Waals surface area contributed by atoms with E-state index < -0.39 is 0 Å². The Morgan fingerprint density at radius 3 is 1.71 bits per heavy atom. The second-order valence-corrected chi connectivity index (χ2v) is 4.77. The van der Waals surface area contributed by atoms with E-state index in [4.69, 9.17) is 9.47 Å². The van der Waals surface area contributed by atoms with Crippen molar-refractivity contribution in [3.63, 3.8) is 0 Å². The molecule has 0 saturated heterocycles. The van der Waals surface area contributed by atoms with E-state index in [-0.39, 0.29) is 0 Å². The van der Waals surface area contributed by atoms with E-state index >= 15 is 0 Å². The highest BCUT2D eigenvalue weighted by molar-refractivity contribution is 5.12. The molecule has 4 nitrogen and oxygen atoms in total. The van der Waals surface area contributed by atoms with Gasteiger partial charge >= 0.3 is 0 Å². The molecular weight excluding hydrogens is 264 g/mol. The highest BCUT2D eigenvalue weighted by Crippen LogP contribution is 2.06. The lowest BCUT2D eigenvalue weighted by molar-refractivity contribution is -0.727. The fourth-order valence-corrected chi connectivity index (χ4v) is 2.21. The molecule has 0 bridgehead atoms. The van der Waals surface area contributed by atoms with Crippen molar-refractivity contribution in [1.29, 1.82) is 0 Å². The Hall–Kier alpha value is -2.10. The van der Waals surface area contributed by atoms with E-state index in [1.807, 2.05) is 50.5 Å². The summed E-state index contributed by atoms with van der Waals surface area (Å²) in [5.74, 6) is 1.84. The van der Waals surface area contributed by atoms with E-state index in [0.29, 0.717) is 13.2 Å². The molecule has 0 amide bonds. The van der Waals surface area contributed by atoms with Gasteiger partial charge in [-0.15, -0.1) is 0 Å². The molecule has 0 aromatic carbocycles. The van der Waals surface area contributed by atoms with Crippen LogP contribution in [-0.4, -0.2) is 13.2 Å². The first-order valence-corrected chi connectivity index (χ1v) is 7.55. The standard InChI is InChI=1S/C17H24N2O2/c1-3-20-16-8-5-10-18(14-16)12-7-13-19-11-6-9-17(15-19)21-4-2/h5-6,8-11,14-15H,3-4,7,12-13H2,1-2H3/q+2. The van der Waals surface area contributed by atoms with Crippen LogP contribution >= 0.6 is 0 Å². The maximum absolute atomic E-state index is 5.51. The predicted molar refractivity (Wildman–Crippen MR) is 80.2 cm³/mol. The van der Waals surface area contributed by atoms with Crippen LogP contribution in [0.2, 0.25) is 0 Å². The smallest absolute Gasteiger partial charge is 0.211 e. The summed E-state index contributed by atoms with van der Waals surface area (Å²) in [6.45, 7) is 7.33. The number of aromatic nitrogens is 2. The quantitative estimate of drug-likeness (QED) is 0.696. The summed E-state index contributed by atoms with van der Waals surface area (Å²) in [7, 11) is 0. The van der Waals surface area contributed by atoms with Crippen molar-refractivity contribution in [3.05, 3.63) is 49.1 Å². The number of hydrogen-bond donors (Lipinski definition) is 0.